The van der Waals surface area contributed by atoms with Gasteiger partial charge in [-0.15, -0.1) is 0 Å². The van der Waals surface area contributed by atoms with Crippen LogP contribution in [-0.2, 0) is 4.74 Å². The van der Waals surface area contributed by atoms with Crippen LogP contribution < -0.4 is 10.6 Å². The number of ether oxygens (including phenoxy) is 1. The molecular weight excluding hydrogens is 264 g/mol. The van der Waals surface area contributed by atoms with E-state index in [4.69, 9.17) is 4.74 Å². The summed E-state index contributed by atoms with van der Waals surface area (Å²) in [6, 6.07) is 0.451. The summed E-state index contributed by atoms with van der Waals surface area (Å²) in [5.74, 6) is 1.54. The summed E-state index contributed by atoms with van der Waals surface area (Å²) in [7, 11) is 1.84. The first-order chi connectivity index (χ1) is 10.2. The Morgan fingerprint density at radius 1 is 1.38 bits per heavy atom. The zero-order chi connectivity index (χ0) is 15.5. The van der Waals surface area contributed by atoms with Crippen molar-refractivity contribution in [3.63, 3.8) is 0 Å². The lowest BCUT2D eigenvalue weighted by atomic mass is 10.1. The molecule has 1 rings (SSSR count). The summed E-state index contributed by atoms with van der Waals surface area (Å²) in [6.45, 7) is 12.9. The van der Waals surface area contributed by atoms with Crippen LogP contribution in [0.3, 0.4) is 0 Å². The topological polar surface area (TPSA) is 48.9 Å². The molecule has 0 aromatic heterocycles. The predicted octanol–water partition coefficient (Wildman–Crippen LogP) is 1.70. The van der Waals surface area contributed by atoms with Gasteiger partial charge in [0, 0.05) is 32.2 Å². The van der Waals surface area contributed by atoms with Crippen molar-refractivity contribution in [3.8, 4) is 0 Å². The van der Waals surface area contributed by atoms with E-state index in [1.54, 1.807) is 0 Å². The van der Waals surface area contributed by atoms with Gasteiger partial charge in [-0.1, -0.05) is 13.8 Å². The molecule has 2 unspecified atom stereocenters. The zero-order valence-corrected chi connectivity index (χ0v) is 14.3. The zero-order valence-electron chi connectivity index (χ0n) is 14.3. The van der Waals surface area contributed by atoms with Crippen molar-refractivity contribution >= 4 is 5.96 Å². The fourth-order valence-electron chi connectivity index (χ4n) is 2.65. The molecule has 5 heteroatoms. The second-order valence-corrected chi connectivity index (χ2v) is 5.90. The van der Waals surface area contributed by atoms with Crippen LogP contribution in [-0.4, -0.2) is 63.3 Å². The van der Waals surface area contributed by atoms with Gasteiger partial charge in [-0.05, 0) is 45.8 Å². The van der Waals surface area contributed by atoms with Gasteiger partial charge in [-0.25, -0.2) is 0 Å². The fraction of sp³-hybridized carbons (Fsp3) is 0.938. The number of nitrogens with zero attached hydrogens (tertiary/aromatic N) is 2. The first-order valence-corrected chi connectivity index (χ1v) is 8.46. The molecule has 1 aliphatic heterocycles. The molecule has 0 aliphatic carbocycles. The molecule has 1 heterocycles. The summed E-state index contributed by atoms with van der Waals surface area (Å²) in [4.78, 5) is 6.78. The van der Waals surface area contributed by atoms with E-state index in [1.165, 1.54) is 19.4 Å². The summed E-state index contributed by atoms with van der Waals surface area (Å²) in [5, 5.41) is 6.89. The van der Waals surface area contributed by atoms with Gasteiger partial charge in [-0.2, -0.15) is 0 Å². The van der Waals surface area contributed by atoms with Gasteiger partial charge in [0.15, 0.2) is 5.96 Å². The Hall–Kier alpha value is -0.810. The standard InChI is InChI=1S/C16H34N4O/c1-5-20(6-2)10-7-8-14(3)19-16(17-4)18-12-15-9-11-21-13-15/h14-15H,5-13H2,1-4H3,(H2,17,18,19). The van der Waals surface area contributed by atoms with E-state index in [0.29, 0.717) is 12.0 Å². The minimum absolute atomic E-state index is 0.451. The number of rotatable bonds is 9. The third kappa shape index (κ3) is 7.67. The molecule has 0 radical (unpaired) electrons. The molecule has 0 bridgehead atoms. The van der Waals surface area contributed by atoms with E-state index < -0.39 is 0 Å². The van der Waals surface area contributed by atoms with Crippen LogP contribution in [0.1, 0.15) is 40.0 Å². The highest BCUT2D eigenvalue weighted by Gasteiger charge is 2.16. The molecule has 1 saturated heterocycles. The summed E-state index contributed by atoms with van der Waals surface area (Å²) in [5.41, 5.74) is 0. The monoisotopic (exact) mass is 298 g/mol. The fourth-order valence-corrected chi connectivity index (χ4v) is 2.65. The lowest BCUT2D eigenvalue weighted by Crippen LogP contribution is -2.44. The maximum absolute atomic E-state index is 5.40. The van der Waals surface area contributed by atoms with E-state index in [0.717, 1.165) is 45.2 Å². The molecule has 1 fully saturated rings. The molecule has 2 atom stereocenters. The Kier molecular flexibility index (Phi) is 9.42. The Morgan fingerprint density at radius 3 is 2.71 bits per heavy atom. The lowest BCUT2D eigenvalue weighted by molar-refractivity contribution is 0.186. The Bertz CT molecular complexity index is 286. The van der Waals surface area contributed by atoms with Crippen LogP contribution in [0, 0.1) is 5.92 Å². The number of hydrogen-bond acceptors (Lipinski definition) is 3. The molecule has 124 valence electrons. The van der Waals surface area contributed by atoms with Crippen molar-refractivity contribution < 1.29 is 4.74 Å². The molecule has 1 aliphatic rings. The SMILES string of the molecule is CCN(CC)CCCC(C)NC(=NC)NCC1CCOC1. The Balaban J connectivity index is 2.16. The van der Waals surface area contributed by atoms with Gasteiger partial charge in [0.25, 0.3) is 0 Å². The van der Waals surface area contributed by atoms with Gasteiger partial charge < -0.3 is 20.3 Å². The highest BCUT2D eigenvalue weighted by molar-refractivity contribution is 5.79. The highest BCUT2D eigenvalue weighted by Crippen LogP contribution is 2.10. The minimum Gasteiger partial charge on any atom is -0.381 e. The second-order valence-electron chi connectivity index (χ2n) is 5.90. The Labute approximate surface area is 130 Å². The number of guanidine groups is 1. The average molecular weight is 298 g/mol. The van der Waals surface area contributed by atoms with Gasteiger partial charge in [0.05, 0.1) is 6.61 Å². The van der Waals surface area contributed by atoms with Crippen molar-refractivity contribution in [3.05, 3.63) is 0 Å². The van der Waals surface area contributed by atoms with Crippen molar-refractivity contribution in [2.24, 2.45) is 10.9 Å². The van der Waals surface area contributed by atoms with E-state index in [1.807, 2.05) is 7.05 Å². The maximum Gasteiger partial charge on any atom is 0.191 e. The van der Waals surface area contributed by atoms with Crippen LogP contribution in [0.5, 0.6) is 0 Å². The average Bonchev–Trinajstić information content (AvgIpc) is 3.01. The number of nitrogens with one attached hydrogen (secondary N) is 2. The number of hydrogen-bond donors (Lipinski definition) is 2. The van der Waals surface area contributed by atoms with Crippen LogP contribution >= 0.6 is 0 Å². The third-order valence-corrected chi connectivity index (χ3v) is 4.19. The molecule has 0 aromatic carbocycles. The third-order valence-electron chi connectivity index (χ3n) is 4.19. The molecular formula is C16H34N4O. The van der Waals surface area contributed by atoms with E-state index >= 15 is 0 Å². The quantitative estimate of drug-likeness (QED) is 0.502. The lowest BCUT2D eigenvalue weighted by Gasteiger charge is -2.21. The van der Waals surface area contributed by atoms with Crippen molar-refractivity contribution in [1.29, 1.82) is 0 Å². The van der Waals surface area contributed by atoms with Crippen molar-refractivity contribution in [2.45, 2.75) is 46.1 Å². The molecule has 0 spiro atoms. The smallest absolute Gasteiger partial charge is 0.191 e. The molecule has 5 nitrogen and oxygen atoms in total. The van der Waals surface area contributed by atoms with E-state index in [-0.39, 0.29) is 0 Å². The van der Waals surface area contributed by atoms with Gasteiger partial charge in [-0.3, -0.25) is 4.99 Å². The van der Waals surface area contributed by atoms with Crippen LogP contribution in [0.25, 0.3) is 0 Å². The first-order valence-electron chi connectivity index (χ1n) is 8.46. The highest BCUT2D eigenvalue weighted by atomic mass is 16.5. The molecule has 0 saturated carbocycles. The van der Waals surface area contributed by atoms with Crippen molar-refractivity contribution in [1.82, 2.24) is 15.5 Å². The van der Waals surface area contributed by atoms with E-state index in [9.17, 15) is 0 Å². The summed E-state index contributed by atoms with van der Waals surface area (Å²) >= 11 is 0. The first kappa shape index (κ1) is 18.2. The Morgan fingerprint density at radius 2 is 2.14 bits per heavy atom. The predicted molar refractivity (Wildman–Crippen MR) is 89.9 cm³/mol. The molecule has 0 aromatic rings. The number of aliphatic imine (C=N–C) groups is 1. The van der Waals surface area contributed by atoms with Crippen molar-refractivity contribution in [2.75, 3.05) is 46.4 Å². The van der Waals surface area contributed by atoms with Crippen LogP contribution in [0.2, 0.25) is 0 Å². The largest absolute Gasteiger partial charge is 0.381 e. The molecule has 0 amide bonds. The van der Waals surface area contributed by atoms with Crippen LogP contribution in [0.15, 0.2) is 4.99 Å². The van der Waals surface area contributed by atoms with Gasteiger partial charge in [0.1, 0.15) is 0 Å². The second kappa shape index (κ2) is 10.9. The van der Waals surface area contributed by atoms with Gasteiger partial charge >= 0.3 is 0 Å². The normalized spacial score (nSPS) is 20.8. The molecule has 21 heavy (non-hydrogen) atoms. The summed E-state index contributed by atoms with van der Waals surface area (Å²) in [6.07, 6.45) is 3.55. The van der Waals surface area contributed by atoms with Crippen LogP contribution in [0.4, 0.5) is 0 Å². The summed E-state index contributed by atoms with van der Waals surface area (Å²) < 4.78 is 5.40. The molecule has 2 N–H and O–H groups in total. The van der Waals surface area contributed by atoms with Gasteiger partial charge in [0.2, 0.25) is 0 Å². The minimum atomic E-state index is 0.451. The van der Waals surface area contributed by atoms with E-state index in [2.05, 4.69) is 41.3 Å². The maximum atomic E-state index is 5.40.